The quantitative estimate of drug-likeness (QED) is 0.260. The monoisotopic (exact) mass is 561 g/mol. The van der Waals surface area contributed by atoms with Gasteiger partial charge in [0.05, 0.1) is 10.6 Å². The molecule has 1 amide bonds. The van der Waals surface area contributed by atoms with Crippen molar-refractivity contribution in [1.29, 1.82) is 0 Å². The predicted octanol–water partition coefficient (Wildman–Crippen LogP) is 5.56. The van der Waals surface area contributed by atoms with Crippen molar-refractivity contribution >= 4 is 66.0 Å². The third-order valence-corrected chi connectivity index (χ3v) is 9.66. The van der Waals surface area contributed by atoms with Gasteiger partial charge in [-0.15, -0.1) is 11.3 Å². The van der Waals surface area contributed by atoms with Gasteiger partial charge in [0, 0.05) is 22.0 Å². The van der Waals surface area contributed by atoms with Crippen LogP contribution in [0.3, 0.4) is 0 Å². The van der Waals surface area contributed by atoms with Crippen molar-refractivity contribution in [2.45, 2.75) is 16.0 Å². The molecule has 0 unspecified atom stereocenters. The lowest BCUT2D eigenvalue weighted by molar-refractivity contribution is 0.102. The number of benzene rings is 3. The van der Waals surface area contributed by atoms with Gasteiger partial charge in [0.2, 0.25) is 0 Å². The SMILES string of the molecule is Cc1c(Cl)cccc1NS(=O)(=O)c1ccc(NC(=O)c2ccc(NS(=O)(=O)c3cccs3)cc2)cc1. The van der Waals surface area contributed by atoms with Crippen molar-refractivity contribution in [3.05, 3.63) is 100 Å². The van der Waals surface area contributed by atoms with Crippen molar-refractivity contribution in [1.82, 2.24) is 0 Å². The molecular weight excluding hydrogens is 542 g/mol. The fourth-order valence-electron chi connectivity index (χ4n) is 3.15. The lowest BCUT2D eigenvalue weighted by Crippen LogP contribution is -2.15. The van der Waals surface area contributed by atoms with E-state index in [9.17, 15) is 21.6 Å². The summed E-state index contributed by atoms with van der Waals surface area (Å²) in [7, 11) is -7.55. The molecule has 0 aliphatic rings. The predicted molar refractivity (Wildman–Crippen MR) is 143 cm³/mol. The minimum Gasteiger partial charge on any atom is -0.322 e. The van der Waals surface area contributed by atoms with Gasteiger partial charge in [0.25, 0.3) is 26.0 Å². The molecule has 0 saturated carbocycles. The zero-order chi connectivity index (χ0) is 25.9. The summed E-state index contributed by atoms with van der Waals surface area (Å²) in [4.78, 5) is 12.6. The minimum absolute atomic E-state index is 0.0160. The van der Waals surface area contributed by atoms with E-state index >= 15 is 0 Å². The summed E-state index contributed by atoms with van der Waals surface area (Å²) in [6.07, 6.45) is 0. The first kappa shape index (κ1) is 25.7. The maximum atomic E-state index is 12.7. The average molecular weight is 562 g/mol. The van der Waals surface area contributed by atoms with Gasteiger partial charge in [0.15, 0.2) is 0 Å². The maximum Gasteiger partial charge on any atom is 0.271 e. The Hall–Kier alpha value is -3.38. The van der Waals surface area contributed by atoms with Gasteiger partial charge < -0.3 is 5.32 Å². The zero-order valence-corrected chi connectivity index (χ0v) is 21.9. The summed E-state index contributed by atoms with van der Waals surface area (Å²) in [5, 5.41) is 4.80. The summed E-state index contributed by atoms with van der Waals surface area (Å²) in [5.74, 6) is -0.439. The molecule has 0 atom stereocenters. The number of hydrogen-bond acceptors (Lipinski definition) is 6. The van der Waals surface area contributed by atoms with Crippen molar-refractivity contribution in [2.24, 2.45) is 0 Å². The number of thiophene rings is 1. The number of sulfonamides is 2. The number of halogens is 1. The summed E-state index contributed by atoms with van der Waals surface area (Å²) < 4.78 is 55.3. The zero-order valence-electron chi connectivity index (χ0n) is 18.7. The molecule has 4 rings (SSSR count). The van der Waals surface area contributed by atoms with E-state index in [1.54, 1.807) is 36.6 Å². The topological polar surface area (TPSA) is 121 Å². The Morgan fingerprint density at radius 1 is 0.778 bits per heavy atom. The van der Waals surface area contributed by atoms with Crippen LogP contribution in [-0.2, 0) is 20.0 Å². The molecule has 0 bridgehead atoms. The Labute approximate surface area is 218 Å². The van der Waals surface area contributed by atoms with Gasteiger partial charge >= 0.3 is 0 Å². The summed E-state index contributed by atoms with van der Waals surface area (Å²) >= 11 is 7.16. The lowest BCUT2D eigenvalue weighted by atomic mass is 10.2. The maximum absolute atomic E-state index is 12.7. The second kappa shape index (κ2) is 10.3. The standard InChI is InChI=1S/C24H20ClN3O5S3/c1-16-21(25)4-2-5-22(16)28-35(30,31)20-13-11-18(12-14-20)26-24(29)17-7-9-19(10-8-17)27-36(32,33)23-6-3-15-34-23/h2-15,27-28H,1H3,(H,26,29). The molecule has 8 nitrogen and oxygen atoms in total. The van der Waals surface area contributed by atoms with Gasteiger partial charge in [-0.05, 0) is 84.6 Å². The molecule has 0 aliphatic heterocycles. The molecule has 0 saturated heterocycles. The molecule has 4 aromatic rings. The number of carbonyl (C=O) groups excluding carboxylic acids is 1. The molecule has 12 heteroatoms. The molecule has 1 heterocycles. The fraction of sp³-hybridized carbons (Fsp3) is 0.0417. The lowest BCUT2D eigenvalue weighted by Gasteiger charge is -2.12. The van der Waals surface area contributed by atoms with Crippen LogP contribution >= 0.6 is 22.9 Å². The minimum atomic E-state index is -3.86. The second-order valence-corrected chi connectivity index (χ2v) is 12.6. The van der Waals surface area contributed by atoms with Crippen LogP contribution in [0, 0.1) is 6.92 Å². The number of hydrogen-bond donors (Lipinski definition) is 3. The van der Waals surface area contributed by atoms with Crippen LogP contribution in [0.4, 0.5) is 17.1 Å². The van der Waals surface area contributed by atoms with Crippen LogP contribution in [0.15, 0.2) is 93.3 Å². The molecule has 0 fully saturated rings. The Morgan fingerprint density at radius 2 is 1.44 bits per heavy atom. The van der Waals surface area contributed by atoms with E-state index in [4.69, 9.17) is 11.6 Å². The van der Waals surface area contributed by atoms with Crippen LogP contribution in [0.25, 0.3) is 0 Å². The summed E-state index contributed by atoms with van der Waals surface area (Å²) in [6.45, 7) is 1.71. The van der Waals surface area contributed by atoms with Gasteiger partial charge in [-0.25, -0.2) is 16.8 Å². The van der Waals surface area contributed by atoms with Gasteiger partial charge in [-0.1, -0.05) is 23.7 Å². The van der Waals surface area contributed by atoms with Crippen molar-refractivity contribution in [3.8, 4) is 0 Å². The highest BCUT2D eigenvalue weighted by Gasteiger charge is 2.17. The highest BCUT2D eigenvalue weighted by atomic mass is 35.5. The molecular formula is C24H20ClN3O5S3. The van der Waals surface area contributed by atoms with Gasteiger partial charge in [-0.2, -0.15) is 0 Å². The Morgan fingerprint density at radius 3 is 2.08 bits per heavy atom. The van der Waals surface area contributed by atoms with Gasteiger partial charge in [0.1, 0.15) is 4.21 Å². The average Bonchev–Trinajstić information content (AvgIpc) is 3.39. The Kier molecular flexibility index (Phi) is 7.36. The molecule has 0 aliphatic carbocycles. The normalized spacial score (nSPS) is 11.6. The number of carbonyl (C=O) groups is 1. The van der Waals surface area contributed by atoms with E-state index in [2.05, 4.69) is 14.8 Å². The highest BCUT2D eigenvalue weighted by Crippen LogP contribution is 2.26. The number of anilines is 3. The van der Waals surface area contributed by atoms with E-state index < -0.39 is 26.0 Å². The first-order valence-electron chi connectivity index (χ1n) is 10.4. The Bertz CT molecular complexity index is 1600. The molecule has 3 aromatic carbocycles. The van der Waals surface area contributed by atoms with Crippen molar-refractivity contribution in [2.75, 3.05) is 14.8 Å². The second-order valence-electron chi connectivity index (χ2n) is 7.61. The number of amides is 1. The number of rotatable bonds is 8. The van der Waals surface area contributed by atoms with Crippen LogP contribution in [-0.4, -0.2) is 22.7 Å². The van der Waals surface area contributed by atoms with Crippen molar-refractivity contribution in [3.63, 3.8) is 0 Å². The molecule has 36 heavy (non-hydrogen) atoms. The molecule has 186 valence electrons. The summed E-state index contributed by atoms with van der Waals surface area (Å²) in [5.41, 5.74) is 1.99. The molecule has 3 N–H and O–H groups in total. The molecule has 0 spiro atoms. The Balaban J connectivity index is 1.41. The number of nitrogens with one attached hydrogen (secondary N) is 3. The third kappa shape index (κ3) is 5.88. The smallest absolute Gasteiger partial charge is 0.271 e. The van der Waals surface area contributed by atoms with E-state index in [0.717, 1.165) is 11.3 Å². The van der Waals surface area contributed by atoms with Gasteiger partial charge in [-0.3, -0.25) is 14.2 Å². The highest BCUT2D eigenvalue weighted by molar-refractivity contribution is 7.94. The van der Waals surface area contributed by atoms with Crippen LogP contribution in [0.1, 0.15) is 15.9 Å². The third-order valence-electron chi connectivity index (χ3n) is 5.09. The first-order chi connectivity index (χ1) is 17.0. The van der Waals surface area contributed by atoms with Crippen LogP contribution in [0.2, 0.25) is 5.02 Å². The first-order valence-corrected chi connectivity index (χ1v) is 14.6. The van der Waals surface area contributed by atoms with E-state index in [1.165, 1.54) is 54.6 Å². The van der Waals surface area contributed by atoms with E-state index in [1.807, 2.05) is 0 Å². The molecule has 0 radical (unpaired) electrons. The van der Waals surface area contributed by atoms with E-state index in [-0.39, 0.29) is 9.10 Å². The van der Waals surface area contributed by atoms with Crippen molar-refractivity contribution < 1.29 is 21.6 Å². The summed E-state index contributed by atoms with van der Waals surface area (Å²) in [6, 6.07) is 19.7. The molecule has 1 aromatic heterocycles. The van der Waals surface area contributed by atoms with Crippen LogP contribution in [0.5, 0.6) is 0 Å². The largest absolute Gasteiger partial charge is 0.322 e. The fourth-order valence-corrected chi connectivity index (χ4v) is 6.50. The van der Waals surface area contributed by atoms with Crippen LogP contribution < -0.4 is 14.8 Å². The van der Waals surface area contributed by atoms with E-state index in [0.29, 0.717) is 33.2 Å².